The van der Waals surface area contributed by atoms with Crippen LogP contribution in [-0.4, -0.2) is 44.4 Å². The van der Waals surface area contributed by atoms with Crippen molar-refractivity contribution in [3.05, 3.63) is 75.8 Å². The molecule has 4 rings (SSSR count). The predicted octanol–water partition coefficient (Wildman–Crippen LogP) is 3.14. The van der Waals surface area contributed by atoms with Crippen LogP contribution in [0.5, 0.6) is 0 Å². The Morgan fingerprint density at radius 3 is 2.33 bits per heavy atom. The van der Waals surface area contributed by atoms with E-state index in [1.165, 1.54) is 24.3 Å². The minimum absolute atomic E-state index is 0.0361. The fraction of sp³-hybridized carbons (Fsp3) is 0.174. The first kappa shape index (κ1) is 22.4. The molecule has 0 saturated carbocycles. The van der Waals surface area contributed by atoms with Gasteiger partial charge in [-0.15, -0.1) is 0 Å². The van der Waals surface area contributed by atoms with Crippen molar-refractivity contribution in [1.82, 2.24) is 15.0 Å². The standard InChI is InChI=1S/C23H19F3N4O3/c1-11-7-12(24)5-6-14(11)21-20-15(19-16(25)3-2-4-17(19)26)8-18(33)28-22(20)30-23(29-21)27-13(9-31)10-32/h2-8,13,31-32H,9-10H2,1H3,(H2,27,28,29,30,33). The number of pyridine rings is 1. The number of rotatable bonds is 6. The van der Waals surface area contributed by atoms with Gasteiger partial charge in [0.1, 0.15) is 23.1 Å². The summed E-state index contributed by atoms with van der Waals surface area (Å²) in [4.78, 5) is 23.6. The Morgan fingerprint density at radius 1 is 1.00 bits per heavy atom. The molecule has 0 atom stereocenters. The Hall–Kier alpha value is -3.76. The number of hydrogen-bond donors (Lipinski definition) is 4. The fourth-order valence-electron chi connectivity index (χ4n) is 3.60. The molecule has 0 bridgehead atoms. The van der Waals surface area contributed by atoms with Crippen molar-refractivity contribution >= 4 is 17.0 Å². The first-order valence-electron chi connectivity index (χ1n) is 9.96. The van der Waals surface area contributed by atoms with Gasteiger partial charge in [0.15, 0.2) is 0 Å². The highest BCUT2D eigenvalue weighted by molar-refractivity contribution is 6.02. The van der Waals surface area contributed by atoms with Crippen LogP contribution in [0.4, 0.5) is 19.1 Å². The molecule has 0 aliphatic heterocycles. The molecule has 33 heavy (non-hydrogen) atoms. The first-order valence-corrected chi connectivity index (χ1v) is 9.96. The maximum atomic E-state index is 14.7. The summed E-state index contributed by atoms with van der Waals surface area (Å²) in [6.45, 7) is 0.776. The molecule has 0 unspecified atom stereocenters. The highest BCUT2D eigenvalue weighted by atomic mass is 19.1. The van der Waals surface area contributed by atoms with Gasteiger partial charge in [-0.3, -0.25) is 4.79 Å². The molecular weight excluding hydrogens is 437 g/mol. The lowest BCUT2D eigenvalue weighted by molar-refractivity contribution is 0.203. The van der Waals surface area contributed by atoms with Gasteiger partial charge in [0.05, 0.1) is 35.9 Å². The van der Waals surface area contributed by atoms with Gasteiger partial charge in [-0.05, 0) is 42.8 Å². The van der Waals surface area contributed by atoms with Gasteiger partial charge in [-0.2, -0.15) is 4.98 Å². The molecule has 0 saturated heterocycles. The van der Waals surface area contributed by atoms with Crippen LogP contribution in [-0.2, 0) is 0 Å². The number of aryl methyl sites for hydroxylation is 1. The van der Waals surface area contributed by atoms with E-state index >= 15 is 0 Å². The molecule has 0 amide bonds. The van der Waals surface area contributed by atoms with E-state index in [2.05, 4.69) is 20.3 Å². The molecule has 4 aromatic rings. The molecule has 2 heterocycles. The summed E-state index contributed by atoms with van der Waals surface area (Å²) in [5, 5.41) is 21.7. The normalized spacial score (nSPS) is 11.4. The van der Waals surface area contributed by atoms with E-state index in [4.69, 9.17) is 0 Å². The number of aromatic amines is 1. The summed E-state index contributed by atoms with van der Waals surface area (Å²) in [7, 11) is 0. The summed E-state index contributed by atoms with van der Waals surface area (Å²) in [5.74, 6) is -2.31. The van der Waals surface area contributed by atoms with Crippen LogP contribution in [0.2, 0.25) is 0 Å². The SMILES string of the molecule is Cc1cc(F)ccc1-c1nc(NC(CO)CO)nc2[nH]c(=O)cc(-c3c(F)cccc3F)c12. The molecule has 0 spiro atoms. The monoisotopic (exact) mass is 456 g/mol. The molecular formula is C23H19F3N4O3. The fourth-order valence-corrected chi connectivity index (χ4v) is 3.60. The molecule has 2 aromatic carbocycles. The third-order valence-electron chi connectivity index (χ3n) is 5.15. The maximum absolute atomic E-state index is 14.7. The van der Waals surface area contributed by atoms with Crippen molar-refractivity contribution in [3.63, 3.8) is 0 Å². The maximum Gasteiger partial charge on any atom is 0.250 e. The van der Waals surface area contributed by atoms with Gasteiger partial charge in [0, 0.05) is 17.2 Å². The number of anilines is 1. The van der Waals surface area contributed by atoms with Crippen LogP contribution in [0.15, 0.2) is 47.3 Å². The average molecular weight is 456 g/mol. The van der Waals surface area contributed by atoms with Crippen molar-refractivity contribution in [2.45, 2.75) is 13.0 Å². The van der Waals surface area contributed by atoms with Gasteiger partial charge in [0.25, 0.3) is 0 Å². The molecule has 0 radical (unpaired) electrons. The lowest BCUT2D eigenvalue weighted by Gasteiger charge is -2.17. The number of aromatic nitrogens is 3. The quantitative estimate of drug-likeness (QED) is 0.355. The van der Waals surface area contributed by atoms with Crippen LogP contribution < -0.4 is 10.9 Å². The second kappa shape index (κ2) is 9.00. The van der Waals surface area contributed by atoms with E-state index in [9.17, 15) is 28.2 Å². The Kier molecular flexibility index (Phi) is 6.12. The van der Waals surface area contributed by atoms with Gasteiger partial charge in [0.2, 0.25) is 11.5 Å². The Bertz CT molecular complexity index is 1380. The molecule has 0 aliphatic rings. The molecule has 170 valence electrons. The summed E-state index contributed by atoms with van der Waals surface area (Å²) in [6.07, 6.45) is 0. The minimum Gasteiger partial charge on any atom is -0.394 e. The predicted molar refractivity (Wildman–Crippen MR) is 117 cm³/mol. The van der Waals surface area contributed by atoms with Crippen molar-refractivity contribution in [3.8, 4) is 22.4 Å². The summed E-state index contributed by atoms with van der Waals surface area (Å²) < 4.78 is 43.2. The van der Waals surface area contributed by atoms with Gasteiger partial charge < -0.3 is 20.5 Å². The summed E-state index contributed by atoms with van der Waals surface area (Å²) >= 11 is 0. The zero-order valence-electron chi connectivity index (χ0n) is 17.4. The Labute approximate surface area is 185 Å². The molecule has 4 N–H and O–H groups in total. The number of fused-ring (bicyclic) bond motifs is 1. The summed E-state index contributed by atoms with van der Waals surface area (Å²) in [6, 6.07) is 7.53. The zero-order valence-corrected chi connectivity index (χ0v) is 17.4. The van der Waals surface area contributed by atoms with Crippen LogP contribution in [0.1, 0.15) is 5.56 Å². The van der Waals surface area contributed by atoms with Crippen molar-refractivity contribution in [2.75, 3.05) is 18.5 Å². The van der Waals surface area contributed by atoms with E-state index in [1.54, 1.807) is 6.92 Å². The lowest BCUT2D eigenvalue weighted by atomic mass is 9.96. The number of H-pyrrole nitrogens is 1. The van der Waals surface area contributed by atoms with E-state index in [1.807, 2.05) is 0 Å². The Balaban J connectivity index is 2.12. The molecule has 0 aliphatic carbocycles. The number of aliphatic hydroxyl groups is 2. The Morgan fingerprint density at radius 2 is 1.70 bits per heavy atom. The molecule has 0 fully saturated rings. The second-order valence-electron chi connectivity index (χ2n) is 7.43. The number of nitrogens with one attached hydrogen (secondary N) is 2. The van der Waals surface area contributed by atoms with Crippen LogP contribution in [0, 0.1) is 24.4 Å². The smallest absolute Gasteiger partial charge is 0.250 e. The zero-order chi connectivity index (χ0) is 23.7. The topological polar surface area (TPSA) is 111 Å². The molecule has 10 heteroatoms. The average Bonchev–Trinajstić information content (AvgIpc) is 2.76. The lowest BCUT2D eigenvalue weighted by Crippen LogP contribution is -2.29. The first-order chi connectivity index (χ1) is 15.8. The van der Waals surface area contributed by atoms with E-state index in [-0.39, 0.29) is 28.2 Å². The third-order valence-corrected chi connectivity index (χ3v) is 5.15. The van der Waals surface area contributed by atoms with Gasteiger partial charge in [-0.25, -0.2) is 18.2 Å². The van der Waals surface area contributed by atoms with Gasteiger partial charge in [-0.1, -0.05) is 6.07 Å². The van der Waals surface area contributed by atoms with E-state index in [0.29, 0.717) is 11.1 Å². The largest absolute Gasteiger partial charge is 0.394 e. The van der Waals surface area contributed by atoms with Crippen molar-refractivity contribution in [1.29, 1.82) is 0 Å². The van der Waals surface area contributed by atoms with E-state index in [0.717, 1.165) is 18.2 Å². The van der Waals surface area contributed by atoms with Crippen molar-refractivity contribution in [2.24, 2.45) is 0 Å². The summed E-state index contributed by atoms with van der Waals surface area (Å²) in [5.41, 5.74) is -0.116. The highest BCUT2D eigenvalue weighted by Crippen LogP contribution is 2.37. The number of nitrogens with zero attached hydrogens (tertiary/aromatic N) is 2. The number of hydrogen-bond acceptors (Lipinski definition) is 6. The van der Waals surface area contributed by atoms with Crippen LogP contribution in [0.25, 0.3) is 33.4 Å². The number of halogens is 3. The third kappa shape index (κ3) is 4.30. The number of aliphatic hydroxyl groups excluding tert-OH is 2. The highest BCUT2D eigenvalue weighted by Gasteiger charge is 2.22. The second-order valence-corrected chi connectivity index (χ2v) is 7.43. The van der Waals surface area contributed by atoms with Gasteiger partial charge >= 0.3 is 0 Å². The van der Waals surface area contributed by atoms with Crippen molar-refractivity contribution < 1.29 is 23.4 Å². The number of benzene rings is 2. The van der Waals surface area contributed by atoms with Crippen LogP contribution >= 0.6 is 0 Å². The van der Waals surface area contributed by atoms with Crippen LogP contribution in [0.3, 0.4) is 0 Å². The molecule has 2 aromatic heterocycles. The molecule has 7 nitrogen and oxygen atoms in total. The van der Waals surface area contributed by atoms with E-state index < -0.39 is 47.8 Å². The minimum atomic E-state index is -0.883.